The summed E-state index contributed by atoms with van der Waals surface area (Å²) in [6.07, 6.45) is 6.40. The third kappa shape index (κ3) is 2.93. The number of imidazole rings is 1. The smallest absolute Gasteiger partial charge is 0.0951 e. The van der Waals surface area contributed by atoms with Crippen LogP contribution in [0.5, 0.6) is 0 Å². The van der Waals surface area contributed by atoms with Gasteiger partial charge < -0.3 is 9.88 Å². The van der Waals surface area contributed by atoms with Crippen LogP contribution in [0, 0.1) is 0 Å². The highest BCUT2D eigenvalue weighted by Gasteiger charge is 2.28. The standard InChI is InChI=1S/C14H26N4/c1-12(2)18-11-16-9-13(18)10-17-7-5-14(3,15-4)6-8-17/h9,11-12,15H,5-8,10H2,1-4H3. The Bertz CT molecular complexity index is 375. The van der Waals surface area contributed by atoms with E-state index in [1.807, 2.05) is 12.5 Å². The van der Waals surface area contributed by atoms with Crippen molar-refractivity contribution in [1.29, 1.82) is 0 Å². The zero-order chi connectivity index (χ0) is 13.2. The van der Waals surface area contributed by atoms with E-state index in [1.165, 1.54) is 31.6 Å². The van der Waals surface area contributed by atoms with Crippen molar-refractivity contribution in [2.75, 3.05) is 20.1 Å². The van der Waals surface area contributed by atoms with Gasteiger partial charge in [-0.15, -0.1) is 0 Å². The van der Waals surface area contributed by atoms with Crippen molar-refractivity contribution in [2.45, 2.75) is 51.7 Å². The molecule has 1 aromatic heterocycles. The monoisotopic (exact) mass is 250 g/mol. The van der Waals surface area contributed by atoms with Crippen LogP contribution in [0.4, 0.5) is 0 Å². The highest BCUT2D eigenvalue weighted by Crippen LogP contribution is 2.22. The molecule has 1 aliphatic rings. The van der Waals surface area contributed by atoms with E-state index < -0.39 is 0 Å². The summed E-state index contributed by atoms with van der Waals surface area (Å²) in [6.45, 7) is 10.1. The molecular weight excluding hydrogens is 224 g/mol. The Hall–Kier alpha value is -0.870. The number of aromatic nitrogens is 2. The molecule has 0 unspecified atom stereocenters. The number of nitrogens with one attached hydrogen (secondary N) is 1. The minimum absolute atomic E-state index is 0.328. The maximum atomic E-state index is 4.28. The number of likely N-dealkylation sites (tertiary alicyclic amines) is 1. The van der Waals surface area contributed by atoms with Crippen LogP contribution in [0.2, 0.25) is 0 Å². The van der Waals surface area contributed by atoms with Gasteiger partial charge in [-0.1, -0.05) is 0 Å². The van der Waals surface area contributed by atoms with Gasteiger partial charge in [-0.2, -0.15) is 0 Å². The number of hydrogen-bond acceptors (Lipinski definition) is 3. The Kier molecular flexibility index (Phi) is 4.07. The summed E-state index contributed by atoms with van der Waals surface area (Å²) >= 11 is 0. The normalized spacial score (nSPS) is 20.5. The van der Waals surface area contributed by atoms with E-state index in [-0.39, 0.29) is 0 Å². The number of nitrogens with zero attached hydrogens (tertiary/aromatic N) is 3. The second-order valence-electron chi connectivity index (χ2n) is 5.97. The molecule has 4 heteroatoms. The fourth-order valence-electron chi connectivity index (χ4n) is 2.60. The number of hydrogen-bond donors (Lipinski definition) is 1. The lowest BCUT2D eigenvalue weighted by molar-refractivity contribution is 0.143. The molecule has 0 bridgehead atoms. The van der Waals surface area contributed by atoms with Crippen LogP contribution in [0.15, 0.2) is 12.5 Å². The second-order valence-corrected chi connectivity index (χ2v) is 5.97. The molecule has 4 nitrogen and oxygen atoms in total. The van der Waals surface area contributed by atoms with Crippen LogP contribution in [0.1, 0.15) is 45.3 Å². The summed E-state index contributed by atoms with van der Waals surface area (Å²) in [6, 6.07) is 0.495. The fraction of sp³-hybridized carbons (Fsp3) is 0.786. The van der Waals surface area contributed by atoms with E-state index in [2.05, 4.69) is 47.6 Å². The van der Waals surface area contributed by atoms with Gasteiger partial charge >= 0.3 is 0 Å². The minimum Gasteiger partial charge on any atom is -0.331 e. The molecule has 1 N–H and O–H groups in total. The zero-order valence-corrected chi connectivity index (χ0v) is 12.1. The van der Waals surface area contributed by atoms with Crippen molar-refractivity contribution in [2.24, 2.45) is 0 Å². The molecule has 0 saturated carbocycles. The Balaban J connectivity index is 1.94. The second kappa shape index (κ2) is 5.41. The summed E-state index contributed by atoms with van der Waals surface area (Å²) in [5, 5.41) is 3.45. The summed E-state index contributed by atoms with van der Waals surface area (Å²) in [4.78, 5) is 6.81. The zero-order valence-electron chi connectivity index (χ0n) is 12.1. The van der Waals surface area contributed by atoms with Gasteiger partial charge in [0.2, 0.25) is 0 Å². The van der Waals surface area contributed by atoms with Crippen LogP contribution >= 0.6 is 0 Å². The van der Waals surface area contributed by atoms with Crippen LogP contribution in [0.25, 0.3) is 0 Å². The average Bonchev–Trinajstić information content (AvgIpc) is 2.81. The predicted molar refractivity (Wildman–Crippen MR) is 74.6 cm³/mol. The van der Waals surface area contributed by atoms with Gasteiger partial charge in [-0.05, 0) is 40.7 Å². The maximum absolute atomic E-state index is 4.28. The first-order valence-corrected chi connectivity index (χ1v) is 6.96. The fourth-order valence-corrected chi connectivity index (χ4v) is 2.60. The maximum Gasteiger partial charge on any atom is 0.0951 e. The van der Waals surface area contributed by atoms with Crippen molar-refractivity contribution in [1.82, 2.24) is 19.8 Å². The summed E-state index contributed by atoms with van der Waals surface area (Å²) < 4.78 is 2.27. The molecule has 1 aromatic rings. The van der Waals surface area contributed by atoms with Gasteiger partial charge in [0, 0.05) is 37.4 Å². The molecule has 0 spiro atoms. The van der Waals surface area contributed by atoms with E-state index in [9.17, 15) is 0 Å². The van der Waals surface area contributed by atoms with Crippen molar-refractivity contribution >= 4 is 0 Å². The van der Waals surface area contributed by atoms with Gasteiger partial charge in [0.25, 0.3) is 0 Å². The minimum atomic E-state index is 0.328. The third-order valence-electron chi connectivity index (χ3n) is 4.25. The van der Waals surface area contributed by atoms with Gasteiger partial charge in [-0.3, -0.25) is 4.90 Å². The first-order chi connectivity index (χ1) is 8.54. The van der Waals surface area contributed by atoms with E-state index in [4.69, 9.17) is 0 Å². The Morgan fingerprint density at radius 3 is 2.61 bits per heavy atom. The lowest BCUT2D eigenvalue weighted by Crippen LogP contribution is -2.49. The molecule has 1 saturated heterocycles. The van der Waals surface area contributed by atoms with E-state index in [1.54, 1.807) is 0 Å². The van der Waals surface area contributed by atoms with Gasteiger partial charge in [-0.25, -0.2) is 4.98 Å². The Labute approximate surface area is 110 Å². The average molecular weight is 250 g/mol. The van der Waals surface area contributed by atoms with Crippen molar-refractivity contribution < 1.29 is 0 Å². The first kappa shape index (κ1) is 13.6. The van der Waals surface area contributed by atoms with Crippen molar-refractivity contribution in [3.63, 3.8) is 0 Å². The first-order valence-electron chi connectivity index (χ1n) is 6.96. The molecule has 1 fully saturated rings. The van der Waals surface area contributed by atoms with E-state index in [0.717, 1.165) is 6.54 Å². The topological polar surface area (TPSA) is 33.1 Å². The van der Waals surface area contributed by atoms with Crippen LogP contribution < -0.4 is 5.32 Å². The molecule has 0 amide bonds. The number of piperidine rings is 1. The van der Waals surface area contributed by atoms with Crippen LogP contribution in [-0.4, -0.2) is 40.1 Å². The largest absolute Gasteiger partial charge is 0.331 e. The van der Waals surface area contributed by atoms with E-state index in [0.29, 0.717) is 11.6 Å². The molecule has 1 aliphatic heterocycles. The summed E-state index contributed by atoms with van der Waals surface area (Å²) in [7, 11) is 2.07. The molecule has 0 aromatic carbocycles. The molecule has 0 atom stereocenters. The van der Waals surface area contributed by atoms with Crippen LogP contribution in [-0.2, 0) is 6.54 Å². The van der Waals surface area contributed by atoms with Gasteiger partial charge in [0.15, 0.2) is 0 Å². The third-order valence-corrected chi connectivity index (χ3v) is 4.25. The van der Waals surface area contributed by atoms with Crippen molar-refractivity contribution in [3.8, 4) is 0 Å². The molecule has 2 rings (SSSR count). The Morgan fingerprint density at radius 2 is 2.06 bits per heavy atom. The molecule has 0 aliphatic carbocycles. The van der Waals surface area contributed by atoms with Gasteiger partial charge in [0.05, 0.1) is 12.0 Å². The van der Waals surface area contributed by atoms with E-state index >= 15 is 0 Å². The highest BCUT2D eigenvalue weighted by molar-refractivity contribution is 5.01. The predicted octanol–water partition coefficient (Wildman–Crippen LogP) is 2.04. The molecule has 18 heavy (non-hydrogen) atoms. The van der Waals surface area contributed by atoms with Crippen LogP contribution in [0.3, 0.4) is 0 Å². The highest BCUT2D eigenvalue weighted by atomic mass is 15.2. The lowest BCUT2D eigenvalue weighted by atomic mass is 9.90. The molecule has 102 valence electrons. The molecular formula is C14H26N4. The molecule has 0 radical (unpaired) electrons. The summed E-state index contributed by atoms with van der Waals surface area (Å²) in [5.74, 6) is 0. The Morgan fingerprint density at radius 1 is 1.39 bits per heavy atom. The quantitative estimate of drug-likeness (QED) is 0.887. The molecule has 2 heterocycles. The SMILES string of the molecule is CNC1(C)CCN(Cc2cncn2C(C)C)CC1. The lowest BCUT2D eigenvalue weighted by Gasteiger charge is -2.39. The number of rotatable bonds is 4. The van der Waals surface area contributed by atoms with Gasteiger partial charge in [0.1, 0.15) is 0 Å². The van der Waals surface area contributed by atoms with Crippen molar-refractivity contribution in [3.05, 3.63) is 18.2 Å². The summed E-state index contributed by atoms with van der Waals surface area (Å²) in [5.41, 5.74) is 1.66.